The van der Waals surface area contributed by atoms with Gasteiger partial charge in [-0.3, -0.25) is 0 Å². The van der Waals surface area contributed by atoms with Crippen molar-refractivity contribution in [1.82, 2.24) is 0 Å². The Kier molecular flexibility index (Phi) is 5.15. The molecular weight excluding hydrogens is 242 g/mol. The van der Waals surface area contributed by atoms with Crippen LogP contribution in [0.15, 0.2) is 61.2 Å². The summed E-state index contributed by atoms with van der Waals surface area (Å²) in [5, 5.41) is 8.80. The fraction of sp³-hybridized carbons (Fsp3) is 0.211. The Balaban J connectivity index is 2.00. The van der Waals surface area contributed by atoms with E-state index in [9.17, 15) is 0 Å². The van der Waals surface area contributed by atoms with Crippen molar-refractivity contribution in [1.29, 1.82) is 5.26 Å². The van der Waals surface area contributed by atoms with E-state index >= 15 is 0 Å². The van der Waals surface area contributed by atoms with Gasteiger partial charge in [0.2, 0.25) is 0 Å². The molecule has 2 rings (SSSR count). The van der Waals surface area contributed by atoms with E-state index in [4.69, 9.17) is 5.26 Å². The van der Waals surface area contributed by atoms with E-state index in [1.54, 1.807) is 0 Å². The highest BCUT2D eigenvalue weighted by Gasteiger charge is 1.99. The minimum absolute atomic E-state index is 0.701. The Hall–Kier alpha value is -2.33. The van der Waals surface area contributed by atoms with Crippen molar-refractivity contribution in [3.8, 4) is 17.2 Å². The summed E-state index contributed by atoms with van der Waals surface area (Å²) in [4.78, 5) is 0. The van der Waals surface area contributed by atoms with Gasteiger partial charge in [-0.25, -0.2) is 0 Å². The maximum absolute atomic E-state index is 8.80. The minimum Gasteiger partial charge on any atom is -0.192 e. The summed E-state index contributed by atoms with van der Waals surface area (Å²) in [5.41, 5.74) is 4.44. The first-order valence-electron chi connectivity index (χ1n) is 7.04. The number of hydrogen-bond donors (Lipinski definition) is 0. The molecule has 0 amide bonds. The van der Waals surface area contributed by atoms with E-state index in [0.717, 1.165) is 18.4 Å². The summed E-state index contributed by atoms with van der Waals surface area (Å²) in [6.07, 6.45) is 6.63. The molecule has 0 aliphatic heterocycles. The third-order valence-electron chi connectivity index (χ3n) is 3.42. The second-order valence-corrected chi connectivity index (χ2v) is 4.92. The summed E-state index contributed by atoms with van der Waals surface area (Å²) >= 11 is 0. The van der Waals surface area contributed by atoms with Gasteiger partial charge in [-0.2, -0.15) is 5.26 Å². The Bertz CT molecular complexity index is 585. The molecule has 0 radical (unpaired) electrons. The van der Waals surface area contributed by atoms with Gasteiger partial charge in [0.1, 0.15) is 0 Å². The van der Waals surface area contributed by atoms with Crippen molar-refractivity contribution in [2.24, 2.45) is 0 Å². The highest BCUT2D eigenvalue weighted by atomic mass is 14.2. The molecule has 0 aliphatic rings. The van der Waals surface area contributed by atoms with Crippen LogP contribution >= 0.6 is 0 Å². The number of nitrogens with zero attached hydrogens (tertiary/aromatic N) is 1. The van der Waals surface area contributed by atoms with Gasteiger partial charge in [0, 0.05) is 0 Å². The average Bonchev–Trinajstić information content (AvgIpc) is 2.52. The maximum atomic E-state index is 8.80. The first kappa shape index (κ1) is 14.1. The number of aryl methyl sites for hydroxylation is 1. The highest BCUT2D eigenvalue weighted by molar-refractivity contribution is 5.64. The van der Waals surface area contributed by atoms with Crippen molar-refractivity contribution in [2.45, 2.75) is 25.7 Å². The zero-order valence-corrected chi connectivity index (χ0v) is 11.7. The molecule has 0 fully saturated rings. The summed E-state index contributed by atoms with van der Waals surface area (Å²) in [6.45, 7) is 3.74. The first-order valence-corrected chi connectivity index (χ1v) is 7.04. The number of rotatable bonds is 6. The number of unbranched alkanes of at least 4 members (excludes halogenated alkanes) is 2. The van der Waals surface area contributed by atoms with E-state index < -0.39 is 0 Å². The molecule has 2 aromatic rings. The fourth-order valence-electron chi connectivity index (χ4n) is 2.22. The molecule has 20 heavy (non-hydrogen) atoms. The molecule has 2 aromatic carbocycles. The minimum atomic E-state index is 0.701. The molecule has 0 saturated heterocycles. The maximum Gasteiger partial charge on any atom is 0.0991 e. The molecule has 0 atom stereocenters. The predicted octanol–water partition coefficient (Wildman–Crippen LogP) is 5.12. The van der Waals surface area contributed by atoms with E-state index in [2.05, 4.69) is 36.9 Å². The summed E-state index contributed by atoms with van der Waals surface area (Å²) in [5.74, 6) is 0. The third kappa shape index (κ3) is 3.83. The van der Waals surface area contributed by atoms with Crippen LogP contribution in [0.3, 0.4) is 0 Å². The molecular formula is C19H19N. The lowest BCUT2D eigenvalue weighted by Crippen LogP contribution is -1.86. The van der Waals surface area contributed by atoms with Crippen LogP contribution in [0.1, 0.15) is 30.4 Å². The lowest BCUT2D eigenvalue weighted by molar-refractivity contribution is 0.748. The van der Waals surface area contributed by atoms with Crippen LogP contribution in [0.5, 0.6) is 0 Å². The van der Waals surface area contributed by atoms with Crippen LogP contribution < -0.4 is 0 Å². The molecule has 0 N–H and O–H groups in total. The van der Waals surface area contributed by atoms with Gasteiger partial charge in [-0.05, 0) is 54.5 Å². The monoisotopic (exact) mass is 261 g/mol. The standard InChI is InChI=1S/C19H19N/c1-2-3-4-5-6-16-7-11-18(12-8-16)19-13-9-17(15-20)10-14-19/h2,7-14H,1,3-6H2. The molecule has 0 unspecified atom stereocenters. The second-order valence-electron chi connectivity index (χ2n) is 4.92. The van der Waals surface area contributed by atoms with Gasteiger partial charge in [-0.15, -0.1) is 6.58 Å². The molecule has 0 spiro atoms. The number of hydrogen-bond acceptors (Lipinski definition) is 1. The number of benzene rings is 2. The quantitative estimate of drug-likeness (QED) is 0.522. The summed E-state index contributed by atoms with van der Waals surface area (Å²) < 4.78 is 0. The lowest BCUT2D eigenvalue weighted by atomic mass is 10.0. The van der Waals surface area contributed by atoms with Crippen LogP contribution in [-0.4, -0.2) is 0 Å². The van der Waals surface area contributed by atoms with E-state index in [1.807, 2.05) is 30.3 Å². The Morgan fingerprint density at radius 1 is 0.900 bits per heavy atom. The molecule has 1 heteroatoms. The van der Waals surface area contributed by atoms with Gasteiger partial charge in [0.25, 0.3) is 0 Å². The van der Waals surface area contributed by atoms with Gasteiger partial charge < -0.3 is 0 Å². The van der Waals surface area contributed by atoms with Gasteiger partial charge in [0.05, 0.1) is 11.6 Å². The Morgan fingerprint density at radius 3 is 2.05 bits per heavy atom. The van der Waals surface area contributed by atoms with Gasteiger partial charge in [-0.1, -0.05) is 42.5 Å². The smallest absolute Gasteiger partial charge is 0.0991 e. The van der Waals surface area contributed by atoms with Gasteiger partial charge >= 0.3 is 0 Å². The predicted molar refractivity (Wildman–Crippen MR) is 84.3 cm³/mol. The molecule has 0 aromatic heterocycles. The van der Waals surface area contributed by atoms with Crippen molar-refractivity contribution in [2.75, 3.05) is 0 Å². The van der Waals surface area contributed by atoms with Crippen molar-refractivity contribution in [3.63, 3.8) is 0 Å². The lowest BCUT2D eigenvalue weighted by Gasteiger charge is -2.04. The van der Waals surface area contributed by atoms with E-state index in [-0.39, 0.29) is 0 Å². The summed E-state index contributed by atoms with van der Waals surface area (Å²) in [6, 6.07) is 18.6. The average molecular weight is 261 g/mol. The van der Waals surface area contributed by atoms with Crippen molar-refractivity contribution < 1.29 is 0 Å². The van der Waals surface area contributed by atoms with Crippen LogP contribution in [-0.2, 0) is 6.42 Å². The molecule has 0 aliphatic carbocycles. The highest BCUT2D eigenvalue weighted by Crippen LogP contribution is 2.21. The van der Waals surface area contributed by atoms with Crippen LogP contribution in [0.2, 0.25) is 0 Å². The van der Waals surface area contributed by atoms with Crippen LogP contribution in [0.4, 0.5) is 0 Å². The molecule has 1 nitrogen and oxygen atoms in total. The molecule has 100 valence electrons. The van der Waals surface area contributed by atoms with Crippen LogP contribution in [0, 0.1) is 11.3 Å². The van der Waals surface area contributed by atoms with E-state index in [1.165, 1.54) is 24.0 Å². The molecule has 0 bridgehead atoms. The van der Waals surface area contributed by atoms with Crippen molar-refractivity contribution in [3.05, 3.63) is 72.3 Å². The second kappa shape index (κ2) is 7.31. The molecule has 0 heterocycles. The van der Waals surface area contributed by atoms with Gasteiger partial charge in [0.15, 0.2) is 0 Å². The number of allylic oxidation sites excluding steroid dienone is 1. The summed E-state index contributed by atoms with van der Waals surface area (Å²) in [7, 11) is 0. The normalized spacial score (nSPS) is 9.95. The molecule has 0 saturated carbocycles. The Morgan fingerprint density at radius 2 is 1.50 bits per heavy atom. The largest absolute Gasteiger partial charge is 0.192 e. The van der Waals surface area contributed by atoms with Crippen molar-refractivity contribution >= 4 is 0 Å². The van der Waals surface area contributed by atoms with Crippen LogP contribution in [0.25, 0.3) is 11.1 Å². The fourth-order valence-corrected chi connectivity index (χ4v) is 2.22. The van der Waals surface area contributed by atoms with E-state index in [0.29, 0.717) is 5.56 Å². The zero-order valence-electron chi connectivity index (χ0n) is 11.7. The first-order chi connectivity index (χ1) is 9.83. The number of nitriles is 1. The zero-order chi connectivity index (χ0) is 14.2. The Labute approximate surface area is 121 Å². The third-order valence-corrected chi connectivity index (χ3v) is 3.42. The topological polar surface area (TPSA) is 23.8 Å². The SMILES string of the molecule is C=CCCCCc1ccc(-c2ccc(C#N)cc2)cc1.